The lowest BCUT2D eigenvalue weighted by Crippen LogP contribution is -2.34. The van der Waals surface area contributed by atoms with Gasteiger partial charge in [-0.05, 0) is 26.2 Å². The number of amidine groups is 1. The van der Waals surface area contributed by atoms with Gasteiger partial charge in [-0.15, -0.1) is 0 Å². The zero-order valence-electron chi connectivity index (χ0n) is 7.46. The smallest absolute Gasteiger partial charge is 0.163 e. The van der Waals surface area contributed by atoms with Gasteiger partial charge in [0.1, 0.15) is 0 Å². The summed E-state index contributed by atoms with van der Waals surface area (Å²) in [6.07, 6.45) is 4.22. The first-order valence-electron chi connectivity index (χ1n) is 3.69. The first-order chi connectivity index (χ1) is 5.15. The van der Waals surface area contributed by atoms with Gasteiger partial charge in [-0.2, -0.15) is 0 Å². The fraction of sp³-hybridized carbons (Fsp3) is 0.625. The standard InChI is InChI=1S/C8H14N2S/c1-6-5-7(2)10(3)8(9-6)11-4/h5,7H,1-4H3. The Bertz CT molecular complexity index is 208. The van der Waals surface area contributed by atoms with Crippen molar-refractivity contribution in [2.75, 3.05) is 13.3 Å². The van der Waals surface area contributed by atoms with Crippen LogP contribution in [0.25, 0.3) is 0 Å². The van der Waals surface area contributed by atoms with E-state index in [-0.39, 0.29) is 0 Å². The number of thioether (sulfide) groups is 1. The molecule has 0 bridgehead atoms. The van der Waals surface area contributed by atoms with Crippen LogP contribution in [0.2, 0.25) is 0 Å². The van der Waals surface area contributed by atoms with Gasteiger partial charge in [0.25, 0.3) is 0 Å². The topological polar surface area (TPSA) is 15.6 Å². The predicted molar refractivity (Wildman–Crippen MR) is 51.9 cm³/mol. The van der Waals surface area contributed by atoms with Gasteiger partial charge in [0.05, 0.1) is 0 Å². The second kappa shape index (κ2) is 3.30. The highest BCUT2D eigenvalue weighted by atomic mass is 32.2. The van der Waals surface area contributed by atoms with Crippen molar-refractivity contribution in [2.24, 2.45) is 4.99 Å². The Kier molecular flexibility index (Phi) is 2.60. The van der Waals surface area contributed by atoms with Crippen LogP contribution in [0.3, 0.4) is 0 Å². The highest BCUT2D eigenvalue weighted by molar-refractivity contribution is 8.13. The van der Waals surface area contributed by atoms with Crippen molar-refractivity contribution in [1.82, 2.24) is 4.90 Å². The summed E-state index contributed by atoms with van der Waals surface area (Å²) in [5.74, 6) is 0. The highest BCUT2D eigenvalue weighted by Gasteiger charge is 2.15. The van der Waals surface area contributed by atoms with E-state index in [0.29, 0.717) is 6.04 Å². The third-order valence-corrected chi connectivity index (χ3v) is 2.59. The second-order valence-corrected chi connectivity index (χ2v) is 3.53. The van der Waals surface area contributed by atoms with E-state index in [1.165, 1.54) is 0 Å². The predicted octanol–water partition coefficient (Wildman–Crippen LogP) is 1.94. The summed E-state index contributed by atoms with van der Waals surface area (Å²) in [5.41, 5.74) is 1.12. The van der Waals surface area contributed by atoms with E-state index in [4.69, 9.17) is 0 Å². The first kappa shape index (κ1) is 8.65. The van der Waals surface area contributed by atoms with Crippen LogP contribution < -0.4 is 0 Å². The van der Waals surface area contributed by atoms with Crippen molar-refractivity contribution in [1.29, 1.82) is 0 Å². The van der Waals surface area contributed by atoms with Crippen LogP contribution in [0.15, 0.2) is 16.8 Å². The van der Waals surface area contributed by atoms with Crippen LogP contribution in [0.5, 0.6) is 0 Å². The maximum Gasteiger partial charge on any atom is 0.163 e. The van der Waals surface area contributed by atoms with Crippen molar-refractivity contribution < 1.29 is 0 Å². The van der Waals surface area contributed by atoms with E-state index in [1.807, 2.05) is 6.92 Å². The van der Waals surface area contributed by atoms with Crippen LogP contribution in [-0.4, -0.2) is 29.4 Å². The van der Waals surface area contributed by atoms with Crippen LogP contribution in [0, 0.1) is 0 Å². The third-order valence-electron chi connectivity index (χ3n) is 1.85. The van der Waals surface area contributed by atoms with Gasteiger partial charge in [0, 0.05) is 18.8 Å². The van der Waals surface area contributed by atoms with E-state index < -0.39 is 0 Å². The number of rotatable bonds is 0. The van der Waals surface area contributed by atoms with Gasteiger partial charge in [-0.25, -0.2) is 4.99 Å². The molecule has 0 N–H and O–H groups in total. The largest absolute Gasteiger partial charge is 0.348 e. The summed E-state index contributed by atoms with van der Waals surface area (Å²) in [7, 11) is 2.07. The summed E-state index contributed by atoms with van der Waals surface area (Å²) < 4.78 is 0. The molecule has 0 saturated heterocycles. The maximum atomic E-state index is 4.40. The van der Waals surface area contributed by atoms with E-state index in [1.54, 1.807) is 11.8 Å². The second-order valence-electron chi connectivity index (χ2n) is 2.76. The van der Waals surface area contributed by atoms with Crippen molar-refractivity contribution in [3.63, 3.8) is 0 Å². The summed E-state index contributed by atoms with van der Waals surface area (Å²) in [5, 5.41) is 1.11. The number of nitrogens with zero attached hydrogens (tertiary/aromatic N) is 2. The molecule has 0 aromatic heterocycles. The maximum absolute atomic E-state index is 4.40. The molecule has 2 nitrogen and oxygen atoms in total. The SMILES string of the molecule is CSC1=NC(C)=CC(C)N1C. The molecule has 1 aliphatic rings. The zero-order valence-corrected chi connectivity index (χ0v) is 8.27. The molecule has 1 atom stereocenters. The average molecular weight is 170 g/mol. The number of hydrogen-bond donors (Lipinski definition) is 0. The van der Waals surface area contributed by atoms with E-state index in [2.05, 4.69) is 36.2 Å². The zero-order chi connectivity index (χ0) is 8.43. The molecular weight excluding hydrogens is 156 g/mol. The van der Waals surface area contributed by atoms with Crippen LogP contribution >= 0.6 is 11.8 Å². The van der Waals surface area contributed by atoms with Crippen molar-refractivity contribution >= 4 is 16.9 Å². The van der Waals surface area contributed by atoms with Gasteiger partial charge in [0.2, 0.25) is 0 Å². The Morgan fingerprint density at radius 1 is 1.64 bits per heavy atom. The van der Waals surface area contributed by atoms with E-state index in [9.17, 15) is 0 Å². The van der Waals surface area contributed by atoms with E-state index >= 15 is 0 Å². The lowest BCUT2D eigenvalue weighted by atomic mass is 10.2. The molecule has 0 saturated carbocycles. The Morgan fingerprint density at radius 2 is 2.27 bits per heavy atom. The molecule has 1 unspecified atom stereocenters. The summed E-state index contributed by atoms with van der Waals surface area (Å²) in [6.45, 7) is 4.22. The molecular formula is C8H14N2S. The number of allylic oxidation sites excluding steroid dienone is 1. The van der Waals surface area contributed by atoms with Gasteiger partial charge in [-0.3, -0.25) is 0 Å². The third kappa shape index (κ3) is 1.77. The number of aliphatic imine (C=N–C) groups is 1. The van der Waals surface area contributed by atoms with Crippen LogP contribution in [-0.2, 0) is 0 Å². The van der Waals surface area contributed by atoms with Crippen LogP contribution in [0.1, 0.15) is 13.8 Å². The minimum absolute atomic E-state index is 0.481. The molecule has 1 heterocycles. The summed E-state index contributed by atoms with van der Waals surface area (Å²) >= 11 is 1.70. The lowest BCUT2D eigenvalue weighted by molar-refractivity contribution is 0.451. The Morgan fingerprint density at radius 3 is 2.82 bits per heavy atom. The molecule has 0 spiro atoms. The fourth-order valence-corrected chi connectivity index (χ4v) is 1.78. The first-order valence-corrected chi connectivity index (χ1v) is 4.91. The molecule has 0 aliphatic carbocycles. The number of hydrogen-bond acceptors (Lipinski definition) is 3. The minimum atomic E-state index is 0.481. The molecule has 1 aliphatic heterocycles. The molecule has 11 heavy (non-hydrogen) atoms. The minimum Gasteiger partial charge on any atom is -0.348 e. The van der Waals surface area contributed by atoms with E-state index in [0.717, 1.165) is 10.9 Å². The van der Waals surface area contributed by atoms with Crippen molar-refractivity contribution in [2.45, 2.75) is 19.9 Å². The van der Waals surface area contributed by atoms with Gasteiger partial charge < -0.3 is 4.90 Å². The average Bonchev–Trinajstić information content (AvgIpc) is 1.96. The quantitative estimate of drug-likeness (QED) is 0.552. The van der Waals surface area contributed by atoms with Gasteiger partial charge in [-0.1, -0.05) is 11.8 Å². The number of likely N-dealkylation sites (N-methyl/N-ethyl adjacent to an activating group) is 1. The molecule has 3 heteroatoms. The molecule has 0 amide bonds. The Balaban J connectivity index is 2.84. The van der Waals surface area contributed by atoms with Gasteiger partial charge in [0.15, 0.2) is 5.17 Å². The molecule has 0 fully saturated rings. The molecule has 62 valence electrons. The normalized spacial score (nSPS) is 24.7. The van der Waals surface area contributed by atoms with Crippen molar-refractivity contribution in [3.8, 4) is 0 Å². The van der Waals surface area contributed by atoms with Gasteiger partial charge >= 0.3 is 0 Å². The monoisotopic (exact) mass is 170 g/mol. The Labute approximate surface area is 72.4 Å². The van der Waals surface area contributed by atoms with Crippen molar-refractivity contribution in [3.05, 3.63) is 11.8 Å². The van der Waals surface area contributed by atoms with Crippen LogP contribution in [0.4, 0.5) is 0 Å². The molecule has 0 aromatic carbocycles. The summed E-state index contributed by atoms with van der Waals surface area (Å²) in [4.78, 5) is 6.58. The lowest BCUT2D eigenvalue weighted by Gasteiger charge is -2.28. The Hall–Kier alpha value is -0.440. The fourth-order valence-electron chi connectivity index (χ4n) is 1.09. The molecule has 1 rings (SSSR count). The summed E-state index contributed by atoms with van der Waals surface area (Å²) in [6, 6.07) is 0.481. The molecule has 0 radical (unpaired) electrons. The highest BCUT2D eigenvalue weighted by Crippen LogP contribution is 2.16. The molecule has 0 aromatic rings.